The summed E-state index contributed by atoms with van der Waals surface area (Å²) in [4.78, 5) is 24.1. The van der Waals surface area contributed by atoms with Gasteiger partial charge in [-0.25, -0.2) is 0 Å². The van der Waals surface area contributed by atoms with E-state index in [1.165, 1.54) is 0 Å². The fourth-order valence-electron chi connectivity index (χ4n) is 3.04. The molecule has 0 saturated carbocycles. The number of carbonyl (C=O) groups excluding carboxylic acids is 2. The Morgan fingerprint density at radius 3 is 2.42 bits per heavy atom. The molecule has 1 aromatic heterocycles. The van der Waals surface area contributed by atoms with Crippen molar-refractivity contribution in [3.05, 3.63) is 82.7 Å². The Hall–Kier alpha value is -3.61. The molecule has 0 aliphatic rings. The molecule has 7 nitrogen and oxygen atoms in total. The molecule has 0 aliphatic carbocycles. The third-order valence-electron chi connectivity index (χ3n) is 4.88. The van der Waals surface area contributed by atoms with Gasteiger partial charge in [-0.1, -0.05) is 47.6 Å². The second kappa shape index (κ2) is 10.4. The van der Waals surface area contributed by atoms with Gasteiger partial charge in [-0.15, -0.1) is 0 Å². The molecule has 162 valence electrons. The lowest BCUT2D eigenvalue weighted by atomic mass is 10.1. The van der Waals surface area contributed by atoms with Crippen LogP contribution in [0.15, 0.2) is 59.1 Å². The lowest BCUT2D eigenvalue weighted by Gasteiger charge is -2.14. The number of amides is 1. The first-order valence-corrected chi connectivity index (χ1v) is 10.1. The maximum absolute atomic E-state index is 12.1. The second-order valence-electron chi connectivity index (χ2n) is 7.27. The molecular weight excluding hydrogens is 396 g/mol. The molecule has 0 spiro atoms. The Bertz CT molecular complexity index is 993. The maximum Gasteiger partial charge on any atom is 0.310 e. The van der Waals surface area contributed by atoms with Crippen LogP contribution in [0, 0.1) is 13.8 Å². The van der Waals surface area contributed by atoms with Crippen LogP contribution in [0.1, 0.15) is 41.1 Å². The van der Waals surface area contributed by atoms with E-state index in [1.54, 1.807) is 24.3 Å². The normalized spacial score (nSPS) is 11.6. The van der Waals surface area contributed by atoms with E-state index in [4.69, 9.17) is 14.0 Å². The third-order valence-corrected chi connectivity index (χ3v) is 4.88. The van der Waals surface area contributed by atoms with Crippen molar-refractivity contribution in [3.63, 3.8) is 0 Å². The molecule has 0 aliphatic heterocycles. The van der Waals surface area contributed by atoms with Crippen molar-refractivity contribution >= 4 is 11.9 Å². The highest BCUT2D eigenvalue weighted by Gasteiger charge is 2.13. The van der Waals surface area contributed by atoms with Crippen LogP contribution < -0.4 is 10.1 Å². The Labute approximate surface area is 181 Å². The Morgan fingerprint density at radius 1 is 1.06 bits per heavy atom. The third kappa shape index (κ3) is 6.44. The first-order chi connectivity index (χ1) is 14.9. The van der Waals surface area contributed by atoms with Crippen molar-refractivity contribution in [2.45, 2.75) is 39.8 Å². The fraction of sp³-hybridized carbons (Fsp3) is 0.292. The highest BCUT2D eigenvalue weighted by Crippen LogP contribution is 2.18. The minimum absolute atomic E-state index is 0.0751. The van der Waals surface area contributed by atoms with Crippen molar-refractivity contribution in [1.29, 1.82) is 0 Å². The highest BCUT2D eigenvalue weighted by atomic mass is 16.5. The van der Waals surface area contributed by atoms with Crippen LogP contribution >= 0.6 is 0 Å². The van der Waals surface area contributed by atoms with Gasteiger partial charge in [0.25, 0.3) is 5.91 Å². The number of aryl methyl sites for hydroxylation is 2. The molecule has 0 saturated heterocycles. The number of nitrogens with one attached hydrogen (secondary N) is 1. The van der Waals surface area contributed by atoms with Crippen molar-refractivity contribution in [2.75, 3.05) is 6.61 Å². The molecule has 1 heterocycles. The molecule has 0 bridgehead atoms. The first kappa shape index (κ1) is 22.1. The van der Waals surface area contributed by atoms with Crippen LogP contribution in [0.5, 0.6) is 5.75 Å². The topological polar surface area (TPSA) is 90.7 Å². The van der Waals surface area contributed by atoms with Gasteiger partial charge in [-0.05, 0) is 44.0 Å². The molecule has 31 heavy (non-hydrogen) atoms. The summed E-state index contributed by atoms with van der Waals surface area (Å²) in [5.41, 5.74) is 3.48. The molecule has 3 aromatic rings. The second-order valence-corrected chi connectivity index (χ2v) is 7.27. The van der Waals surface area contributed by atoms with E-state index >= 15 is 0 Å². The van der Waals surface area contributed by atoms with Gasteiger partial charge in [0.15, 0.2) is 6.61 Å². The van der Waals surface area contributed by atoms with Crippen molar-refractivity contribution in [3.8, 4) is 5.75 Å². The summed E-state index contributed by atoms with van der Waals surface area (Å²) < 4.78 is 16.0. The zero-order valence-electron chi connectivity index (χ0n) is 17.9. The molecule has 1 amide bonds. The Balaban J connectivity index is 1.41. The van der Waals surface area contributed by atoms with Gasteiger partial charge in [0, 0.05) is 0 Å². The molecule has 7 heteroatoms. The molecule has 2 aromatic carbocycles. The first-order valence-electron chi connectivity index (χ1n) is 10.1. The lowest BCUT2D eigenvalue weighted by molar-refractivity contribution is -0.148. The number of hydrogen-bond donors (Lipinski definition) is 1. The number of esters is 1. The number of nitrogens with zero attached hydrogens (tertiary/aromatic N) is 1. The average molecular weight is 422 g/mol. The molecular formula is C24H26N2O5. The molecule has 1 atom stereocenters. The van der Waals surface area contributed by atoms with E-state index in [0.29, 0.717) is 12.4 Å². The minimum Gasteiger partial charge on any atom is -0.489 e. The smallest absolute Gasteiger partial charge is 0.310 e. The highest BCUT2D eigenvalue weighted by molar-refractivity contribution is 5.81. The van der Waals surface area contributed by atoms with E-state index in [9.17, 15) is 9.59 Å². The van der Waals surface area contributed by atoms with Crippen molar-refractivity contribution < 1.29 is 23.6 Å². The van der Waals surface area contributed by atoms with Crippen LogP contribution in [0.3, 0.4) is 0 Å². The Morgan fingerprint density at radius 2 is 1.77 bits per heavy atom. The Kier molecular flexibility index (Phi) is 7.43. The molecule has 0 unspecified atom stereocenters. The predicted octanol–water partition coefficient (Wildman–Crippen LogP) is 3.83. The molecule has 3 rings (SSSR count). The van der Waals surface area contributed by atoms with Crippen LogP contribution in [0.2, 0.25) is 0 Å². The largest absolute Gasteiger partial charge is 0.489 e. The van der Waals surface area contributed by atoms with Crippen LogP contribution in [-0.4, -0.2) is 23.6 Å². The summed E-state index contributed by atoms with van der Waals surface area (Å²) in [6.45, 7) is 5.64. The minimum atomic E-state index is -0.466. The summed E-state index contributed by atoms with van der Waals surface area (Å²) in [6, 6.07) is 16.6. The number of hydrogen-bond acceptors (Lipinski definition) is 6. The predicted molar refractivity (Wildman–Crippen MR) is 114 cm³/mol. The van der Waals surface area contributed by atoms with Gasteiger partial charge in [0.2, 0.25) is 0 Å². The number of carbonyl (C=O) groups is 2. The number of aromatic nitrogens is 1. The summed E-state index contributed by atoms with van der Waals surface area (Å²) >= 11 is 0. The van der Waals surface area contributed by atoms with Crippen molar-refractivity contribution in [2.24, 2.45) is 0 Å². The van der Waals surface area contributed by atoms with Gasteiger partial charge < -0.3 is 19.3 Å². The summed E-state index contributed by atoms with van der Waals surface area (Å²) in [6.07, 6.45) is 0.0751. The summed E-state index contributed by atoms with van der Waals surface area (Å²) in [5, 5.41) is 6.71. The van der Waals surface area contributed by atoms with Crippen molar-refractivity contribution in [1.82, 2.24) is 10.5 Å². The van der Waals surface area contributed by atoms with Crippen LogP contribution in [0.4, 0.5) is 0 Å². The van der Waals surface area contributed by atoms with E-state index in [0.717, 1.165) is 28.1 Å². The van der Waals surface area contributed by atoms with E-state index in [-0.39, 0.29) is 25.0 Å². The van der Waals surface area contributed by atoms with Gasteiger partial charge in [0.1, 0.15) is 18.1 Å². The number of benzene rings is 2. The standard InChI is InChI=1S/C24H26N2O5/c1-16(20-7-5-4-6-8-20)25-23(27)15-30-24(28)13-19-9-11-21(12-10-19)29-14-22-17(2)26-31-18(22)3/h4-12,16H,13-15H2,1-3H3,(H,25,27)/t16-/m0/s1. The van der Waals surface area contributed by atoms with E-state index in [2.05, 4.69) is 10.5 Å². The summed E-state index contributed by atoms with van der Waals surface area (Å²) in [7, 11) is 0. The van der Waals surface area contributed by atoms with Gasteiger partial charge in [0.05, 0.1) is 23.7 Å². The quantitative estimate of drug-likeness (QED) is 0.527. The summed E-state index contributed by atoms with van der Waals surface area (Å²) in [5.74, 6) is 0.602. The molecule has 1 N–H and O–H groups in total. The van der Waals surface area contributed by atoms with Gasteiger partial charge >= 0.3 is 5.97 Å². The molecule has 0 fully saturated rings. The van der Waals surface area contributed by atoms with Crippen LogP contribution in [-0.2, 0) is 27.4 Å². The number of rotatable bonds is 9. The average Bonchev–Trinajstić information content (AvgIpc) is 3.09. The fourth-order valence-corrected chi connectivity index (χ4v) is 3.04. The van der Waals surface area contributed by atoms with E-state index in [1.807, 2.05) is 51.1 Å². The van der Waals surface area contributed by atoms with Gasteiger partial charge in [-0.2, -0.15) is 0 Å². The maximum atomic E-state index is 12.1. The van der Waals surface area contributed by atoms with Crippen LogP contribution in [0.25, 0.3) is 0 Å². The zero-order chi connectivity index (χ0) is 22.2. The zero-order valence-corrected chi connectivity index (χ0v) is 17.9. The monoisotopic (exact) mass is 422 g/mol. The SMILES string of the molecule is Cc1noc(C)c1COc1ccc(CC(=O)OCC(=O)N[C@@H](C)c2ccccc2)cc1. The van der Waals surface area contributed by atoms with E-state index < -0.39 is 5.97 Å². The number of ether oxygens (including phenoxy) is 2. The van der Waals surface area contributed by atoms with Gasteiger partial charge in [-0.3, -0.25) is 9.59 Å². The molecule has 0 radical (unpaired) electrons. The lowest BCUT2D eigenvalue weighted by Crippen LogP contribution is -2.31.